The second kappa shape index (κ2) is 9.11. The van der Waals surface area contributed by atoms with Gasteiger partial charge in [-0.25, -0.2) is 0 Å². The van der Waals surface area contributed by atoms with E-state index in [1.807, 2.05) is 48.8 Å². The number of carbonyl (C=O) groups excluding carboxylic acids is 1. The van der Waals surface area contributed by atoms with E-state index in [4.69, 9.17) is 0 Å². The van der Waals surface area contributed by atoms with E-state index in [9.17, 15) is 4.79 Å². The Hall–Kier alpha value is -1.15. The zero-order valence-electron chi connectivity index (χ0n) is 14.9. The van der Waals surface area contributed by atoms with Gasteiger partial charge in [-0.2, -0.15) is 0 Å². The van der Waals surface area contributed by atoms with Gasteiger partial charge in [0, 0.05) is 78.0 Å². The van der Waals surface area contributed by atoms with Crippen LogP contribution in [0, 0.1) is 0 Å². The number of ketones is 1. The molecule has 0 atom stereocenters. The predicted octanol–water partition coefficient (Wildman–Crippen LogP) is 5.71. The summed E-state index contributed by atoms with van der Waals surface area (Å²) >= 11 is 10.7. The SMILES string of the molecule is O=C(c1ccc(Br)cc1C1=CNCCS1)c1ccc(Br)cc1C1=CNCCS1. The van der Waals surface area contributed by atoms with Gasteiger partial charge in [0.1, 0.15) is 0 Å². The molecule has 7 heteroatoms. The Labute approximate surface area is 190 Å². The van der Waals surface area contributed by atoms with Crippen LogP contribution in [-0.4, -0.2) is 30.4 Å². The fourth-order valence-corrected chi connectivity index (χ4v) is 5.73. The first-order valence-electron chi connectivity index (χ1n) is 8.91. The number of thioether (sulfide) groups is 2. The van der Waals surface area contributed by atoms with Crippen LogP contribution in [0.4, 0.5) is 0 Å². The lowest BCUT2D eigenvalue weighted by Gasteiger charge is -2.19. The molecule has 3 nitrogen and oxygen atoms in total. The van der Waals surface area contributed by atoms with Crippen molar-refractivity contribution in [1.82, 2.24) is 10.6 Å². The van der Waals surface area contributed by atoms with Crippen LogP contribution in [-0.2, 0) is 0 Å². The molecule has 0 amide bonds. The quantitative estimate of drug-likeness (QED) is 0.489. The number of carbonyl (C=O) groups is 1. The minimum absolute atomic E-state index is 0.0455. The highest BCUT2D eigenvalue weighted by Crippen LogP contribution is 2.37. The number of hydrogen-bond acceptors (Lipinski definition) is 5. The molecule has 0 saturated carbocycles. The van der Waals surface area contributed by atoms with Crippen molar-refractivity contribution < 1.29 is 4.79 Å². The van der Waals surface area contributed by atoms with Crippen molar-refractivity contribution in [2.45, 2.75) is 0 Å². The summed E-state index contributed by atoms with van der Waals surface area (Å²) in [6.07, 6.45) is 4.03. The number of rotatable bonds is 4. The molecule has 0 radical (unpaired) electrons. The molecule has 0 saturated heterocycles. The standard InChI is InChI=1S/C21H18Br2N2OS2/c22-13-1-3-15(17(9-13)19-11-24-5-7-27-19)21(26)16-4-2-14(23)10-18(16)20-12-25-6-8-28-20/h1-4,9-12,24-25H,5-8H2. The lowest BCUT2D eigenvalue weighted by molar-refractivity contribution is 0.103. The molecule has 2 aliphatic heterocycles. The smallest absolute Gasteiger partial charge is 0.194 e. The zero-order valence-corrected chi connectivity index (χ0v) is 19.7. The Kier molecular flexibility index (Phi) is 6.55. The molecule has 2 aromatic carbocycles. The number of benzene rings is 2. The van der Waals surface area contributed by atoms with Gasteiger partial charge in [-0.05, 0) is 36.4 Å². The van der Waals surface area contributed by atoms with Gasteiger partial charge >= 0.3 is 0 Å². The maximum Gasteiger partial charge on any atom is 0.194 e. The van der Waals surface area contributed by atoms with Crippen LogP contribution in [0.25, 0.3) is 9.81 Å². The summed E-state index contributed by atoms with van der Waals surface area (Å²) in [5.74, 6) is 2.03. The molecule has 144 valence electrons. The monoisotopic (exact) mass is 536 g/mol. The highest BCUT2D eigenvalue weighted by atomic mass is 79.9. The van der Waals surface area contributed by atoms with Gasteiger partial charge in [-0.15, -0.1) is 23.5 Å². The minimum atomic E-state index is 0.0455. The normalized spacial score (nSPS) is 16.5. The second-order valence-electron chi connectivity index (χ2n) is 6.33. The third-order valence-electron chi connectivity index (χ3n) is 4.46. The van der Waals surface area contributed by atoms with Gasteiger partial charge in [0.25, 0.3) is 0 Å². The molecule has 2 aliphatic rings. The molecule has 0 spiro atoms. The summed E-state index contributed by atoms with van der Waals surface area (Å²) in [6.45, 7) is 1.89. The fraction of sp³-hybridized carbons (Fsp3) is 0.190. The van der Waals surface area contributed by atoms with E-state index < -0.39 is 0 Å². The number of nitrogens with one attached hydrogen (secondary N) is 2. The maximum absolute atomic E-state index is 13.7. The first-order chi connectivity index (χ1) is 13.6. The van der Waals surface area contributed by atoms with E-state index in [1.54, 1.807) is 23.5 Å². The van der Waals surface area contributed by atoms with E-state index >= 15 is 0 Å². The molecule has 0 aromatic heterocycles. The van der Waals surface area contributed by atoms with Gasteiger partial charge < -0.3 is 10.6 Å². The lowest BCUT2D eigenvalue weighted by atomic mass is 9.94. The first-order valence-corrected chi connectivity index (χ1v) is 12.5. The van der Waals surface area contributed by atoms with Gasteiger partial charge in [0.2, 0.25) is 0 Å². The summed E-state index contributed by atoms with van der Waals surface area (Å²) in [5.41, 5.74) is 3.38. The molecule has 2 heterocycles. The second-order valence-corrected chi connectivity index (χ2v) is 10.4. The van der Waals surface area contributed by atoms with Crippen LogP contribution in [0.1, 0.15) is 27.0 Å². The number of hydrogen-bond donors (Lipinski definition) is 2. The molecular weight excluding hydrogens is 520 g/mol. The highest BCUT2D eigenvalue weighted by molar-refractivity contribution is 9.10. The Morgan fingerprint density at radius 2 is 1.25 bits per heavy atom. The fourth-order valence-electron chi connectivity index (χ4n) is 3.15. The molecular formula is C21H18Br2N2OS2. The van der Waals surface area contributed by atoms with Crippen LogP contribution in [0.15, 0.2) is 57.7 Å². The van der Waals surface area contributed by atoms with E-state index in [2.05, 4.69) is 42.5 Å². The lowest BCUT2D eigenvalue weighted by Crippen LogP contribution is -2.17. The molecule has 28 heavy (non-hydrogen) atoms. The third-order valence-corrected chi connectivity index (χ3v) is 7.56. The van der Waals surface area contributed by atoms with Crippen molar-refractivity contribution in [2.75, 3.05) is 24.6 Å². The van der Waals surface area contributed by atoms with Crippen LogP contribution in [0.5, 0.6) is 0 Å². The average Bonchev–Trinajstić information content (AvgIpc) is 2.74. The van der Waals surface area contributed by atoms with Gasteiger partial charge in [-0.3, -0.25) is 4.79 Å². The minimum Gasteiger partial charge on any atom is -0.389 e. The van der Waals surface area contributed by atoms with E-state index in [0.717, 1.165) is 65.6 Å². The molecule has 2 aromatic rings. The van der Waals surface area contributed by atoms with Crippen LogP contribution in [0.3, 0.4) is 0 Å². The first kappa shape index (κ1) is 20.1. The summed E-state index contributed by atoms with van der Waals surface area (Å²) < 4.78 is 1.94. The van der Waals surface area contributed by atoms with Crippen LogP contribution in [0.2, 0.25) is 0 Å². The summed E-state index contributed by atoms with van der Waals surface area (Å²) in [5, 5.41) is 6.59. The van der Waals surface area contributed by atoms with Crippen molar-refractivity contribution in [2.24, 2.45) is 0 Å². The topological polar surface area (TPSA) is 41.1 Å². The Bertz CT molecular complexity index is 911. The third kappa shape index (κ3) is 4.37. The van der Waals surface area contributed by atoms with Gasteiger partial charge in [0.15, 0.2) is 5.78 Å². The summed E-state index contributed by atoms with van der Waals surface area (Å²) in [4.78, 5) is 15.9. The molecule has 2 N–H and O–H groups in total. The van der Waals surface area contributed by atoms with E-state index in [0.29, 0.717) is 0 Å². The van der Waals surface area contributed by atoms with Gasteiger partial charge in [0.05, 0.1) is 0 Å². The highest BCUT2D eigenvalue weighted by Gasteiger charge is 2.22. The van der Waals surface area contributed by atoms with Crippen molar-refractivity contribution >= 4 is 71.0 Å². The molecule has 0 unspecified atom stereocenters. The van der Waals surface area contributed by atoms with Crippen molar-refractivity contribution in [3.05, 3.63) is 80.0 Å². The molecule has 0 bridgehead atoms. The molecule has 0 aliphatic carbocycles. The Morgan fingerprint density at radius 3 is 1.64 bits per heavy atom. The van der Waals surface area contributed by atoms with Crippen LogP contribution < -0.4 is 10.6 Å². The largest absolute Gasteiger partial charge is 0.389 e. The molecule has 0 fully saturated rings. The van der Waals surface area contributed by atoms with Crippen molar-refractivity contribution in [3.8, 4) is 0 Å². The average molecular weight is 538 g/mol. The zero-order chi connectivity index (χ0) is 19.5. The maximum atomic E-state index is 13.7. The van der Waals surface area contributed by atoms with Crippen molar-refractivity contribution in [1.29, 1.82) is 0 Å². The summed E-state index contributed by atoms with van der Waals surface area (Å²) in [7, 11) is 0. The Balaban J connectivity index is 1.81. The number of halogens is 2. The van der Waals surface area contributed by atoms with Crippen LogP contribution >= 0.6 is 55.4 Å². The van der Waals surface area contributed by atoms with E-state index in [-0.39, 0.29) is 5.78 Å². The predicted molar refractivity (Wildman–Crippen MR) is 129 cm³/mol. The summed E-state index contributed by atoms with van der Waals surface area (Å²) in [6, 6.07) is 11.8. The van der Waals surface area contributed by atoms with E-state index in [1.165, 1.54) is 0 Å². The Morgan fingerprint density at radius 1 is 0.786 bits per heavy atom. The van der Waals surface area contributed by atoms with Gasteiger partial charge in [-0.1, -0.05) is 31.9 Å². The van der Waals surface area contributed by atoms with Crippen molar-refractivity contribution in [3.63, 3.8) is 0 Å². The molecule has 4 rings (SSSR count).